The summed E-state index contributed by atoms with van der Waals surface area (Å²) in [5.74, 6) is -0.686. The molecule has 18 heavy (non-hydrogen) atoms. The third-order valence-corrected chi connectivity index (χ3v) is 5.01. The number of aromatic nitrogens is 1. The fourth-order valence-electron chi connectivity index (χ4n) is 1.94. The fourth-order valence-corrected chi connectivity index (χ4v) is 3.59. The zero-order valence-electron chi connectivity index (χ0n) is 9.79. The number of aliphatic hydroxyl groups is 1. The molecule has 0 aliphatic heterocycles. The molecule has 0 bridgehead atoms. The molecular formula is C11H15FN2O3S. The quantitative estimate of drug-likeness (QED) is 0.860. The predicted octanol–water partition coefficient (Wildman–Crippen LogP) is 0.756. The Morgan fingerprint density at radius 2 is 2.17 bits per heavy atom. The summed E-state index contributed by atoms with van der Waals surface area (Å²) in [6, 6.07) is 0.858. The van der Waals surface area contributed by atoms with E-state index in [0.717, 1.165) is 37.7 Å². The van der Waals surface area contributed by atoms with Crippen molar-refractivity contribution in [2.75, 3.05) is 13.2 Å². The Bertz CT molecular complexity index is 517. The number of pyridine rings is 1. The van der Waals surface area contributed by atoms with E-state index in [9.17, 15) is 12.8 Å². The molecule has 1 aromatic heterocycles. The highest BCUT2D eigenvalue weighted by atomic mass is 32.2. The minimum absolute atomic E-state index is 0.0313. The maximum absolute atomic E-state index is 13.0. The topological polar surface area (TPSA) is 70.5 Å². The molecule has 2 rings (SSSR count). The van der Waals surface area contributed by atoms with E-state index in [1.807, 2.05) is 0 Å². The molecular weight excluding hydrogens is 259 g/mol. The number of hydrogen-bond acceptors (Lipinski definition) is 4. The first kappa shape index (κ1) is 13.4. The van der Waals surface area contributed by atoms with Gasteiger partial charge in [-0.3, -0.25) is 4.98 Å². The SMILES string of the molecule is O=S(=O)(c1cncc(F)c1)N(CCO)C1CCC1. The third kappa shape index (κ3) is 2.52. The van der Waals surface area contributed by atoms with Crippen LogP contribution in [-0.4, -0.2) is 42.0 Å². The van der Waals surface area contributed by atoms with Crippen molar-refractivity contribution >= 4 is 10.0 Å². The van der Waals surface area contributed by atoms with Crippen molar-refractivity contribution in [2.45, 2.75) is 30.2 Å². The standard InChI is InChI=1S/C11H15FN2O3S/c12-9-6-11(8-13-7-9)18(16,17)14(4-5-15)10-2-1-3-10/h6-8,10,15H,1-5H2. The molecule has 0 spiro atoms. The minimum Gasteiger partial charge on any atom is -0.395 e. The normalized spacial score (nSPS) is 16.8. The summed E-state index contributed by atoms with van der Waals surface area (Å²) in [7, 11) is -3.77. The van der Waals surface area contributed by atoms with Crippen molar-refractivity contribution in [2.24, 2.45) is 0 Å². The van der Waals surface area contributed by atoms with E-state index in [0.29, 0.717) is 0 Å². The fraction of sp³-hybridized carbons (Fsp3) is 0.545. The van der Waals surface area contributed by atoms with Crippen molar-refractivity contribution < 1.29 is 17.9 Å². The second-order valence-electron chi connectivity index (χ2n) is 4.26. The Hall–Kier alpha value is -1.05. The average molecular weight is 274 g/mol. The van der Waals surface area contributed by atoms with Crippen LogP contribution in [0.3, 0.4) is 0 Å². The molecule has 1 aliphatic carbocycles. The first-order valence-electron chi connectivity index (χ1n) is 5.79. The van der Waals surface area contributed by atoms with Crippen LogP contribution >= 0.6 is 0 Å². The Labute approximate surface area is 105 Å². The van der Waals surface area contributed by atoms with Crippen LogP contribution < -0.4 is 0 Å². The monoisotopic (exact) mass is 274 g/mol. The zero-order valence-corrected chi connectivity index (χ0v) is 10.6. The molecule has 0 unspecified atom stereocenters. The van der Waals surface area contributed by atoms with E-state index < -0.39 is 15.8 Å². The first-order chi connectivity index (χ1) is 8.55. The number of nitrogens with zero attached hydrogens (tertiary/aromatic N) is 2. The molecule has 1 aromatic rings. The van der Waals surface area contributed by atoms with Gasteiger partial charge in [0, 0.05) is 18.8 Å². The molecule has 1 N–H and O–H groups in total. The maximum Gasteiger partial charge on any atom is 0.245 e. The van der Waals surface area contributed by atoms with Crippen molar-refractivity contribution in [3.8, 4) is 0 Å². The van der Waals surface area contributed by atoms with Gasteiger partial charge >= 0.3 is 0 Å². The van der Waals surface area contributed by atoms with Gasteiger partial charge in [-0.05, 0) is 18.9 Å². The lowest BCUT2D eigenvalue weighted by Crippen LogP contribution is -2.45. The number of aliphatic hydroxyl groups excluding tert-OH is 1. The molecule has 7 heteroatoms. The molecule has 1 heterocycles. The van der Waals surface area contributed by atoms with Gasteiger partial charge in [0.2, 0.25) is 10.0 Å². The van der Waals surface area contributed by atoms with Crippen LogP contribution in [0.25, 0.3) is 0 Å². The van der Waals surface area contributed by atoms with E-state index in [1.54, 1.807) is 0 Å². The van der Waals surface area contributed by atoms with Crippen LogP contribution in [0.15, 0.2) is 23.4 Å². The molecule has 0 atom stereocenters. The number of sulfonamides is 1. The Morgan fingerprint density at radius 3 is 2.67 bits per heavy atom. The highest BCUT2D eigenvalue weighted by Crippen LogP contribution is 2.29. The van der Waals surface area contributed by atoms with E-state index in [4.69, 9.17) is 5.11 Å². The lowest BCUT2D eigenvalue weighted by molar-refractivity contribution is 0.178. The van der Waals surface area contributed by atoms with Crippen molar-refractivity contribution in [3.05, 3.63) is 24.3 Å². The summed E-state index contributed by atoms with van der Waals surface area (Å²) >= 11 is 0. The van der Waals surface area contributed by atoms with Gasteiger partial charge in [-0.25, -0.2) is 12.8 Å². The van der Waals surface area contributed by atoms with Gasteiger partial charge < -0.3 is 5.11 Å². The summed E-state index contributed by atoms with van der Waals surface area (Å²) in [6.07, 6.45) is 4.62. The van der Waals surface area contributed by atoms with Crippen LogP contribution in [-0.2, 0) is 10.0 Å². The van der Waals surface area contributed by atoms with Gasteiger partial charge in [0.05, 0.1) is 12.8 Å². The highest BCUT2D eigenvalue weighted by Gasteiger charge is 2.34. The third-order valence-electron chi connectivity index (χ3n) is 3.09. The minimum atomic E-state index is -3.77. The molecule has 0 amide bonds. The first-order valence-corrected chi connectivity index (χ1v) is 7.23. The van der Waals surface area contributed by atoms with E-state index >= 15 is 0 Å². The molecule has 5 nitrogen and oxygen atoms in total. The summed E-state index contributed by atoms with van der Waals surface area (Å²) in [4.78, 5) is 3.39. The number of rotatable bonds is 5. The average Bonchev–Trinajstić information content (AvgIpc) is 2.26. The number of halogens is 1. The molecule has 0 saturated heterocycles. The highest BCUT2D eigenvalue weighted by molar-refractivity contribution is 7.89. The van der Waals surface area contributed by atoms with Gasteiger partial charge in [0.1, 0.15) is 10.7 Å². The van der Waals surface area contributed by atoms with Gasteiger partial charge in [0.25, 0.3) is 0 Å². The van der Waals surface area contributed by atoms with E-state index in [-0.39, 0.29) is 24.1 Å². The Balaban J connectivity index is 2.32. The molecule has 0 aromatic carbocycles. The molecule has 0 radical (unpaired) electrons. The van der Waals surface area contributed by atoms with Crippen molar-refractivity contribution in [1.82, 2.24) is 9.29 Å². The van der Waals surface area contributed by atoms with Gasteiger partial charge in [-0.2, -0.15) is 4.31 Å². The smallest absolute Gasteiger partial charge is 0.245 e. The summed E-state index contributed by atoms with van der Waals surface area (Å²) < 4.78 is 38.9. The van der Waals surface area contributed by atoms with Gasteiger partial charge in [-0.1, -0.05) is 6.42 Å². The van der Waals surface area contributed by atoms with Crippen LogP contribution in [0.4, 0.5) is 4.39 Å². The van der Waals surface area contributed by atoms with Gasteiger partial charge in [-0.15, -0.1) is 0 Å². The van der Waals surface area contributed by atoms with E-state index in [1.165, 1.54) is 4.31 Å². The van der Waals surface area contributed by atoms with Crippen LogP contribution in [0.2, 0.25) is 0 Å². The van der Waals surface area contributed by atoms with Crippen molar-refractivity contribution in [1.29, 1.82) is 0 Å². The van der Waals surface area contributed by atoms with Crippen LogP contribution in [0.1, 0.15) is 19.3 Å². The summed E-state index contributed by atoms with van der Waals surface area (Å²) in [5.41, 5.74) is 0. The zero-order chi connectivity index (χ0) is 13.2. The molecule has 1 saturated carbocycles. The predicted molar refractivity (Wildman–Crippen MR) is 62.8 cm³/mol. The second kappa shape index (κ2) is 5.29. The van der Waals surface area contributed by atoms with E-state index in [2.05, 4.69) is 4.98 Å². The maximum atomic E-state index is 13.0. The Morgan fingerprint density at radius 1 is 1.44 bits per heavy atom. The number of hydrogen-bond donors (Lipinski definition) is 1. The second-order valence-corrected chi connectivity index (χ2v) is 6.15. The van der Waals surface area contributed by atoms with Crippen molar-refractivity contribution in [3.63, 3.8) is 0 Å². The Kier molecular flexibility index (Phi) is 3.94. The van der Waals surface area contributed by atoms with Crippen LogP contribution in [0, 0.1) is 5.82 Å². The lowest BCUT2D eigenvalue weighted by Gasteiger charge is -2.36. The summed E-state index contributed by atoms with van der Waals surface area (Å²) in [5, 5.41) is 8.97. The largest absolute Gasteiger partial charge is 0.395 e. The molecule has 1 aliphatic rings. The van der Waals surface area contributed by atoms with Gasteiger partial charge in [0.15, 0.2) is 0 Å². The summed E-state index contributed by atoms with van der Waals surface area (Å²) in [6.45, 7) is -0.220. The molecule has 1 fully saturated rings. The lowest BCUT2D eigenvalue weighted by atomic mass is 9.93. The van der Waals surface area contributed by atoms with Crippen LogP contribution in [0.5, 0.6) is 0 Å². The molecule has 100 valence electrons.